The number of methoxy groups -OCH3 is 1. The Morgan fingerprint density at radius 1 is 1.11 bits per heavy atom. The van der Waals surface area contributed by atoms with Gasteiger partial charge in [-0.05, 0) is 75.0 Å². The van der Waals surface area contributed by atoms with Crippen LogP contribution in [0, 0.1) is 39.2 Å². The Balaban J connectivity index is 1.62. The lowest BCUT2D eigenvalue weighted by Crippen LogP contribution is -2.65. The SMILES string of the molecule is COC(=O)CCCCCCC(=O)C[C@@H](CCCN=C(N)N[N+](=O)[O-])C(=O)N[C@@H](CC(C)C)B1O[C@@H]2C[C@@H]3C[C@@H](C3(C)C)[C@]2(C)O1. The Labute approximate surface area is 267 Å². The molecule has 13 nitrogen and oxygen atoms in total. The number of ether oxygens (including phenoxy) is 1. The van der Waals surface area contributed by atoms with Crippen molar-refractivity contribution in [1.82, 2.24) is 10.7 Å². The highest BCUT2D eigenvalue weighted by Crippen LogP contribution is 2.65. The molecule has 1 amide bonds. The maximum Gasteiger partial charge on any atom is 0.481 e. The number of nitrogens with two attached hydrogens (primary N) is 1. The van der Waals surface area contributed by atoms with E-state index in [1.807, 2.05) is 0 Å². The van der Waals surface area contributed by atoms with Crippen LogP contribution in [0.2, 0.25) is 0 Å². The summed E-state index contributed by atoms with van der Waals surface area (Å²) in [7, 11) is 0.799. The first-order chi connectivity index (χ1) is 21.2. The summed E-state index contributed by atoms with van der Waals surface area (Å²) >= 11 is 0. The Bertz CT molecular complexity index is 1090. The van der Waals surface area contributed by atoms with Crippen molar-refractivity contribution in [2.75, 3.05) is 13.7 Å². The van der Waals surface area contributed by atoms with Crippen molar-refractivity contribution in [3.8, 4) is 0 Å². The molecule has 4 N–H and O–H groups in total. The van der Waals surface area contributed by atoms with E-state index >= 15 is 0 Å². The van der Waals surface area contributed by atoms with E-state index in [4.69, 9.17) is 15.0 Å². The molecule has 1 heterocycles. The lowest BCUT2D eigenvalue weighted by atomic mass is 9.43. The van der Waals surface area contributed by atoms with E-state index in [0.717, 1.165) is 25.7 Å². The number of aliphatic imine (C=N–C) groups is 1. The Morgan fingerprint density at radius 3 is 2.42 bits per heavy atom. The molecule has 4 aliphatic rings. The van der Waals surface area contributed by atoms with E-state index in [2.05, 4.69) is 49.7 Å². The zero-order chi connectivity index (χ0) is 33.4. The Kier molecular flexibility index (Phi) is 13.2. The number of rotatable bonds is 19. The molecule has 0 aromatic heterocycles. The first-order valence-electron chi connectivity index (χ1n) is 16.6. The molecule has 0 aromatic rings. The van der Waals surface area contributed by atoms with Crippen LogP contribution in [0.25, 0.3) is 0 Å². The van der Waals surface area contributed by atoms with E-state index in [-0.39, 0.29) is 60.0 Å². The van der Waals surface area contributed by atoms with Crippen LogP contribution < -0.4 is 16.5 Å². The maximum absolute atomic E-state index is 13.8. The molecule has 45 heavy (non-hydrogen) atoms. The van der Waals surface area contributed by atoms with Crippen LogP contribution >= 0.6 is 0 Å². The second-order valence-electron chi connectivity index (χ2n) is 14.3. The van der Waals surface area contributed by atoms with Gasteiger partial charge in [0.2, 0.25) is 5.91 Å². The smallest absolute Gasteiger partial charge is 0.469 e. The standard InChI is InChI=1S/C31H54BN5O8/c1-20(2)16-26(32-44-25-19-22-18-24(30(22,3)4)31(25,5)45-32)35-28(40)21(12-11-15-34-29(33)36-37(41)42)17-23(38)13-9-7-8-10-14-27(39)43-6/h20-22,24-26H,7-19H2,1-6H3,(H,35,40)(H3,33,34,36)/t21-,22+,24+,25-,26+,31+/m1/s1. The summed E-state index contributed by atoms with van der Waals surface area (Å²) in [5.74, 6) is -0.471. The van der Waals surface area contributed by atoms with Gasteiger partial charge in [0, 0.05) is 31.7 Å². The van der Waals surface area contributed by atoms with Crippen LogP contribution in [0.1, 0.15) is 112 Å². The molecule has 0 aromatic carbocycles. The fraction of sp³-hybridized carbons (Fsp3) is 0.871. The number of hydrogen-bond donors (Lipinski definition) is 3. The molecule has 0 spiro atoms. The highest BCUT2D eigenvalue weighted by molar-refractivity contribution is 6.47. The molecule has 1 aliphatic heterocycles. The van der Waals surface area contributed by atoms with Crippen LogP contribution in [0.4, 0.5) is 0 Å². The highest BCUT2D eigenvalue weighted by Gasteiger charge is 2.68. The average molecular weight is 636 g/mol. The number of nitrogens with zero attached hydrogens (tertiary/aromatic N) is 2. The topological polar surface area (TPSA) is 184 Å². The minimum Gasteiger partial charge on any atom is -0.469 e. The van der Waals surface area contributed by atoms with E-state index in [1.54, 1.807) is 5.43 Å². The Morgan fingerprint density at radius 2 is 1.80 bits per heavy atom. The third-order valence-electron chi connectivity index (χ3n) is 10.2. The number of esters is 1. The quantitative estimate of drug-likeness (QED) is 0.0359. The number of hydrazine groups is 1. The molecule has 4 fully saturated rings. The van der Waals surface area contributed by atoms with Crippen LogP contribution in [0.5, 0.6) is 0 Å². The van der Waals surface area contributed by atoms with Gasteiger partial charge < -0.3 is 25.1 Å². The van der Waals surface area contributed by atoms with Gasteiger partial charge in [0.05, 0.1) is 24.8 Å². The van der Waals surface area contributed by atoms with Crippen molar-refractivity contribution in [2.45, 2.75) is 129 Å². The molecule has 0 radical (unpaired) electrons. The van der Waals surface area contributed by atoms with Gasteiger partial charge in [0.25, 0.3) is 5.96 Å². The van der Waals surface area contributed by atoms with Gasteiger partial charge in [-0.3, -0.25) is 14.4 Å². The minimum absolute atomic E-state index is 0.00420. The molecule has 3 aliphatic carbocycles. The summed E-state index contributed by atoms with van der Waals surface area (Å²) in [4.78, 5) is 52.7. The van der Waals surface area contributed by atoms with Crippen molar-refractivity contribution in [1.29, 1.82) is 0 Å². The molecular weight excluding hydrogens is 581 g/mol. The number of hydrogen-bond acceptors (Lipinski definition) is 9. The van der Waals surface area contributed by atoms with E-state index < -0.39 is 23.7 Å². The monoisotopic (exact) mass is 635 g/mol. The first-order valence-corrected chi connectivity index (χ1v) is 16.6. The summed E-state index contributed by atoms with van der Waals surface area (Å²) in [6, 6.07) is 0. The molecule has 0 unspecified atom stereocenters. The molecule has 2 bridgehead atoms. The van der Waals surface area contributed by atoms with Gasteiger partial charge in [-0.2, -0.15) is 0 Å². The Hall–Kier alpha value is -2.74. The van der Waals surface area contributed by atoms with Crippen LogP contribution in [0.15, 0.2) is 4.99 Å². The second kappa shape index (κ2) is 16.2. The van der Waals surface area contributed by atoms with Gasteiger partial charge >= 0.3 is 13.1 Å². The zero-order valence-corrected chi connectivity index (χ0v) is 28.0. The molecule has 1 saturated heterocycles. The largest absolute Gasteiger partial charge is 0.481 e. The number of Topliss-reactive ketones (excluding diaryl/α,β-unsaturated/α-hetero) is 1. The summed E-state index contributed by atoms with van der Waals surface area (Å²) < 4.78 is 17.9. The normalized spacial score (nSPS) is 26.4. The van der Waals surface area contributed by atoms with Crippen LogP contribution in [-0.2, 0) is 28.4 Å². The number of nitro groups is 1. The lowest BCUT2D eigenvalue weighted by molar-refractivity contribution is -0.525. The molecule has 254 valence electrons. The summed E-state index contributed by atoms with van der Waals surface area (Å²) in [6.07, 6.45) is 7.34. The number of ketones is 1. The van der Waals surface area contributed by atoms with Gasteiger partial charge in [0.15, 0.2) is 5.03 Å². The van der Waals surface area contributed by atoms with E-state index in [1.165, 1.54) is 7.11 Å². The third kappa shape index (κ3) is 9.88. The molecule has 3 saturated carbocycles. The predicted molar refractivity (Wildman–Crippen MR) is 170 cm³/mol. The van der Waals surface area contributed by atoms with Crippen LogP contribution in [0.3, 0.4) is 0 Å². The minimum atomic E-state index is -0.786. The number of guanidine groups is 1. The van der Waals surface area contributed by atoms with Crippen molar-refractivity contribution in [3.63, 3.8) is 0 Å². The average Bonchev–Trinajstić information content (AvgIpc) is 3.32. The van der Waals surface area contributed by atoms with Gasteiger partial charge in [-0.15, -0.1) is 0 Å². The number of nitrogens with one attached hydrogen (secondary N) is 2. The summed E-state index contributed by atoms with van der Waals surface area (Å²) in [6.45, 7) is 11.1. The lowest BCUT2D eigenvalue weighted by Gasteiger charge is -2.64. The number of amides is 1. The zero-order valence-electron chi connectivity index (χ0n) is 28.0. The molecular formula is C31H54BN5O8. The fourth-order valence-electron chi connectivity index (χ4n) is 7.53. The van der Waals surface area contributed by atoms with Crippen molar-refractivity contribution in [3.05, 3.63) is 10.1 Å². The second-order valence-corrected chi connectivity index (χ2v) is 14.3. The summed E-state index contributed by atoms with van der Waals surface area (Å²) in [5.41, 5.74) is 7.14. The molecule has 6 atom stereocenters. The molecule has 4 rings (SSSR count). The van der Waals surface area contributed by atoms with Crippen molar-refractivity contribution in [2.24, 2.45) is 39.8 Å². The van der Waals surface area contributed by atoms with Gasteiger partial charge in [0.1, 0.15) is 5.78 Å². The predicted octanol–water partition coefficient (Wildman–Crippen LogP) is 3.75. The number of carbonyl (C=O) groups excluding carboxylic acids is 3. The van der Waals surface area contributed by atoms with Gasteiger partial charge in [-0.25, -0.2) is 15.1 Å². The maximum atomic E-state index is 13.8. The number of carbonyl (C=O) groups is 3. The summed E-state index contributed by atoms with van der Waals surface area (Å²) in [5, 5.41) is 13.0. The first kappa shape index (κ1) is 36.7. The van der Waals surface area contributed by atoms with E-state index in [0.29, 0.717) is 56.8 Å². The third-order valence-corrected chi connectivity index (χ3v) is 10.2. The highest BCUT2D eigenvalue weighted by atomic mass is 16.7. The fourth-order valence-corrected chi connectivity index (χ4v) is 7.53. The van der Waals surface area contributed by atoms with E-state index in [9.17, 15) is 24.5 Å². The molecule has 14 heteroatoms. The van der Waals surface area contributed by atoms with Gasteiger partial charge in [-0.1, -0.05) is 46.0 Å². The van der Waals surface area contributed by atoms with Crippen LogP contribution in [-0.4, -0.2) is 67.1 Å². The van der Waals surface area contributed by atoms with Crippen molar-refractivity contribution < 1.29 is 33.5 Å². The number of unbranched alkanes of at least 4 members (excludes halogenated alkanes) is 3. The van der Waals surface area contributed by atoms with Crippen molar-refractivity contribution >= 4 is 30.7 Å².